The summed E-state index contributed by atoms with van der Waals surface area (Å²) in [5, 5.41) is 23.2. The second-order valence-corrected chi connectivity index (χ2v) is 9.39. The Bertz CT molecular complexity index is 1210. The van der Waals surface area contributed by atoms with Gasteiger partial charge in [0.25, 0.3) is 0 Å². The van der Waals surface area contributed by atoms with E-state index in [-0.39, 0.29) is 29.1 Å². The van der Waals surface area contributed by atoms with Gasteiger partial charge < -0.3 is 25.7 Å². The number of rotatable bonds is 11. The highest BCUT2D eigenvalue weighted by Crippen LogP contribution is 2.20. The Morgan fingerprint density at radius 2 is 1.61 bits per heavy atom. The molecule has 0 bridgehead atoms. The Hall–Kier alpha value is -4.47. The third-order valence-electron chi connectivity index (χ3n) is 5.59. The fraction of sp³-hybridized carbons (Fsp3) is 0.321. The van der Waals surface area contributed by atoms with E-state index in [1.165, 1.54) is 35.3 Å². The molecule has 0 aliphatic heterocycles. The number of carbonyl (C=O) groups excluding carboxylic acids is 3. The first kappa shape index (κ1) is 29.8. The van der Waals surface area contributed by atoms with Crippen molar-refractivity contribution >= 4 is 41.4 Å². The highest BCUT2D eigenvalue weighted by molar-refractivity contribution is 6.36. The van der Waals surface area contributed by atoms with Gasteiger partial charge in [-0.25, -0.2) is 9.59 Å². The largest absolute Gasteiger partial charge is 0.478 e. The van der Waals surface area contributed by atoms with Crippen molar-refractivity contribution in [3.63, 3.8) is 0 Å². The molecule has 0 spiro atoms. The topological polar surface area (TPSA) is 153 Å². The molecule has 0 fully saturated rings. The van der Waals surface area contributed by atoms with Crippen molar-refractivity contribution in [2.75, 3.05) is 5.32 Å². The molecule has 0 aliphatic carbocycles. The Morgan fingerprint density at radius 3 is 2.16 bits per heavy atom. The average molecular weight is 524 g/mol. The summed E-state index contributed by atoms with van der Waals surface area (Å²) in [6.45, 7) is 7.88. The molecular formula is C28H33N3O7. The zero-order valence-electron chi connectivity index (χ0n) is 21.8. The van der Waals surface area contributed by atoms with Crippen LogP contribution in [-0.2, 0) is 25.7 Å². The average Bonchev–Trinajstić information content (AvgIpc) is 2.86. The number of hydrogen-bond donors (Lipinski definition) is 4. The fourth-order valence-corrected chi connectivity index (χ4v) is 3.85. The van der Waals surface area contributed by atoms with E-state index in [9.17, 15) is 29.1 Å². The molecule has 2 aromatic rings. The molecule has 2 rings (SSSR count). The number of nitrogens with zero attached hydrogens (tertiary/aromatic N) is 1. The van der Waals surface area contributed by atoms with Crippen LogP contribution in [0.4, 0.5) is 5.69 Å². The van der Waals surface area contributed by atoms with Crippen LogP contribution in [0.5, 0.6) is 0 Å². The summed E-state index contributed by atoms with van der Waals surface area (Å²) in [7, 11) is 0. The summed E-state index contributed by atoms with van der Waals surface area (Å²) < 4.78 is 0. The minimum Gasteiger partial charge on any atom is -0.478 e. The maximum absolute atomic E-state index is 13.3. The normalized spacial score (nSPS) is 11.8. The van der Waals surface area contributed by atoms with Crippen molar-refractivity contribution in [3.8, 4) is 0 Å². The standard InChI is InChI=1S/C28H33N3O7/c1-17(2)14-23(25(33)29-16-20-8-6-5-7-9-20)31(18(3)4)24(32)13-11-19-10-12-22(21(15-19)27(35)36)30-26(34)28(37)38/h5-13,15,17-18,23H,14,16H2,1-4H3,(H,29,33)(H,30,34)(H,35,36)(H,37,38)/b13-11+. The van der Waals surface area contributed by atoms with Crippen LogP contribution in [0.25, 0.3) is 6.08 Å². The number of carboxylic acid groups (broad SMARTS) is 2. The third-order valence-corrected chi connectivity index (χ3v) is 5.59. The van der Waals surface area contributed by atoms with Crippen molar-refractivity contribution < 1.29 is 34.2 Å². The first-order valence-corrected chi connectivity index (χ1v) is 12.1. The lowest BCUT2D eigenvalue weighted by Gasteiger charge is -2.34. The maximum atomic E-state index is 13.3. The number of anilines is 1. The number of aliphatic carboxylic acids is 1. The minimum absolute atomic E-state index is 0.132. The number of carbonyl (C=O) groups is 5. The van der Waals surface area contributed by atoms with Crippen molar-refractivity contribution in [2.24, 2.45) is 5.92 Å². The van der Waals surface area contributed by atoms with Gasteiger partial charge in [0.2, 0.25) is 11.8 Å². The molecule has 10 heteroatoms. The van der Waals surface area contributed by atoms with Gasteiger partial charge in [0.15, 0.2) is 0 Å². The Morgan fingerprint density at radius 1 is 0.947 bits per heavy atom. The molecule has 0 saturated heterocycles. The van der Waals surface area contributed by atoms with E-state index in [0.717, 1.165) is 5.56 Å². The van der Waals surface area contributed by atoms with E-state index in [0.29, 0.717) is 18.5 Å². The zero-order chi connectivity index (χ0) is 28.4. The van der Waals surface area contributed by atoms with E-state index in [1.54, 1.807) is 0 Å². The first-order valence-electron chi connectivity index (χ1n) is 12.1. The van der Waals surface area contributed by atoms with Gasteiger partial charge in [-0.1, -0.05) is 50.2 Å². The molecular weight excluding hydrogens is 490 g/mol. The molecule has 0 aliphatic rings. The SMILES string of the molecule is CC(C)CC(C(=O)NCc1ccccc1)N(C(=O)/C=C/c1ccc(NC(=O)C(=O)O)c(C(=O)O)c1)C(C)C. The van der Waals surface area contributed by atoms with Crippen LogP contribution in [0.15, 0.2) is 54.6 Å². The van der Waals surface area contributed by atoms with Gasteiger partial charge in [0, 0.05) is 18.7 Å². The van der Waals surface area contributed by atoms with Crippen molar-refractivity contribution in [1.29, 1.82) is 0 Å². The van der Waals surface area contributed by atoms with Crippen LogP contribution in [0.2, 0.25) is 0 Å². The molecule has 10 nitrogen and oxygen atoms in total. The van der Waals surface area contributed by atoms with E-state index in [1.807, 2.05) is 63.3 Å². The van der Waals surface area contributed by atoms with Crippen LogP contribution in [0.3, 0.4) is 0 Å². The quantitative estimate of drug-likeness (QED) is 0.260. The number of carboxylic acids is 2. The van der Waals surface area contributed by atoms with E-state index < -0.39 is 29.8 Å². The number of benzene rings is 2. The first-order chi connectivity index (χ1) is 17.9. The van der Waals surface area contributed by atoms with Crippen LogP contribution in [0, 0.1) is 5.92 Å². The molecule has 1 atom stereocenters. The van der Waals surface area contributed by atoms with Gasteiger partial charge in [-0.15, -0.1) is 0 Å². The second kappa shape index (κ2) is 13.7. The van der Waals surface area contributed by atoms with Crippen LogP contribution in [0.1, 0.15) is 55.6 Å². The van der Waals surface area contributed by atoms with Crippen LogP contribution in [-0.4, -0.2) is 56.9 Å². The number of hydrogen-bond acceptors (Lipinski definition) is 5. The zero-order valence-corrected chi connectivity index (χ0v) is 21.8. The summed E-state index contributed by atoms with van der Waals surface area (Å²) >= 11 is 0. The minimum atomic E-state index is -1.76. The molecule has 3 amide bonds. The molecule has 0 radical (unpaired) electrons. The van der Waals surface area contributed by atoms with Crippen LogP contribution >= 0.6 is 0 Å². The number of amides is 3. The molecule has 2 aromatic carbocycles. The highest BCUT2D eigenvalue weighted by Gasteiger charge is 2.31. The fourth-order valence-electron chi connectivity index (χ4n) is 3.85. The van der Waals surface area contributed by atoms with Gasteiger partial charge in [0.1, 0.15) is 6.04 Å². The Labute approximate surface area is 221 Å². The van der Waals surface area contributed by atoms with E-state index in [4.69, 9.17) is 5.11 Å². The summed E-state index contributed by atoms with van der Waals surface area (Å²) in [5.41, 5.74) is 0.738. The summed E-state index contributed by atoms with van der Waals surface area (Å²) in [5.74, 6) is -5.09. The lowest BCUT2D eigenvalue weighted by Crippen LogP contribution is -2.52. The molecule has 0 aromatic heterocycles. The summed E-state index contributed by atoms with van der Waals surface area (Å²) in [4.78, 5) is 61.9. The smallest absolute Gasteiger partial charge is 0.394 e. The summed E-state index contributed by atoms with van der Waals surface area (Å²) in [6.07, 6.45) is 3.11. The predicted octanol–water partition coefficient (Wildman–Crippen LogP) is 3.39. The monoisotopic (exact) mass is 523 g/mol. The van der Waals surface area contributed by atoms with Crippen LogP contribution < -0.4 is 10.6 Å². The molecule has 0 heterocycles. The van der Waals surface area contributed by atoms with Crippen molar-refractivity contribution in [2.45, 2.75) is 52.7 Å². The molecule has 0 saturated carbocycles. The van der Waals surface area contributed by atoms with Gasteiger partial charge >= 0.3 is 17.8 Å². The second-order valence-electron chi connectivity index (χ2n) is 9.39. The molecule has 4 N–H and O–H groups in total. The predicted molar refractivity (Wildman–Crippen MR) is 142 cm³/mol. The van der Waals surface area contributed by atoms with Crippen molar-refractivity contribution in [3.05, 3.63) is 71.3 Å². The lowest BCUT2D eigenvalue weighted by molar-refractivity contribution is -0.147. The number of nitrogens with one attached hydrogen (secondary N) is 2. The highest BCUT2D eigenvalue weighted by atomic mass is 16.4. The molecule has 1 unspecified atom stereocenters. The maximum Gasteiger partial charge on any atom is 0.394 e. The Balaban J connectivity index is 2.28. The van der Waals surface area contributed by atoms with Crippen molar-refractivity contribution in [1.82, 2.24) is 10.2 Å². The summed E-state index contributed by atoms with van der Waals surface area (Å²) in [6, 6.07) is 12.3. The van der Waals surface area contributed by atoms with E-state index in [2.05, 4.69) is 5.32 Å². The molecule has 202 valence electrons. The van der Waals surface area contributed by atoms with E-state index >= 15 is 0 Å². The van der Waals surface area contributed by atoms with Gasteiger partial charge in [0.05, 0.1) is 11.3 Å². The lowest BCUT2D eigenvalue weighted by atomic mass is 9.99. The van der Waals surface area contributed by atoms with Gasteiger partial charge in [-0.3, -0.25) is 14.4 Å². The van der Waals surface area contributed by atoms with Gasteiger partial charge in [-0.05, 0) is 55.5 Å². The Kier molecular flexibility index (Phi) is 10.8. The van der Waals surface area contributed by atoms with Gasteiger partial charge in [-0.2, -0.15) is 0 Å². The molecule has 38 heavy (non-hydrogen) atoms. The number of aromatic carboxylic acids is 1. The third kappa shape index (κ3) is 8.58.